The van der Waals surface area contributed by atoms with Crippen molar-refractivity contribution in [2.24, 2.45) is 0 Å². The van der Waals surface area contributed by atoms with E-state index in [2.05, 4.69) is 59.1 Å². The highest BCUT2D eigenvalue weighted by atomic mass is 28.3. The molecule has 0 heterocycles. The molecule has 0 fully saturated rings. The Kier molecular flexibility index (Phi) is 5.67. The monoisotopic (exact) mass is 336 g/mol. The number of carbonyl (C=O) groups excluding carboxylic acids is 1. The van der Waals surface area contributed by atoms with Gasteiger partial charge in [-0.15, -0.1) is 5.54 Å². The van der Waals surface area contributed by atoms with Crippen LogP contribution in [0.2, 0.25) is 16.6 Å². The van der Waals surface area contributed by atoms with Crippen molar-refractivity contribution in [1.29, 1.82) is 0 Å². The second-order valence-corrected chi connectivity index (χ2v) is 13.1. The Morgan fingerprint density at radius 1 is 0.833 bits per heavy atom. The van der Waals surface area contributed by atoms with Gasteiger partial charge in [-0.3, -0.25) is 4.79 Å². The van der Waals surface area contributed by atoms with Crippen molar-refractivity contribution in [3.05, 3.63) is 48.0 Å². The van der Waals surface area contributed by atoms with Gasteiger partial charge >= 0.3 is 0 Å². The third-order valence-corrected chi connectivity index (χ3v) is 11.6. The molecule has 0 aliphatic rings. The minimum atomic E-state index is -1.86. The summed E-state index contributed by atoms with van der Waals surface area (Å²) in [5.74, 6) is 2.97. The van der Waals surface area contributed by atoms with Crippen LogP contribution in [0.1, 0.15) is 51.9 Å². The minimum Gasteiger partial charge on any atom is -0.279 e. The first-order valence-electron chi connectivity index (χ1n) is 8.85. The van der Waals surface area contributed by atoms with E-state index in [0.717, 1.165) is 10.8 Å². The van der Waals surface area contributed by atoms with E-state index < -0.39 is 8.07 Å². The molecular formula is C22H28OSi. The van der Waals surface area contributed by atoms with Gasteiger partial charge in [0.15, 0.2) is 0 Å². The number of carbonyl (C=O) groups is 1. The summed E-state index contributed by atoms with van der Waals surface area (Å²) in [6.07, 6.45) is 0. The molecule has 2 aromatic carbocycles. The molecule has 0 aliphatic heterocycles. The fourth-order valence-corrected chi connectivity index (χ4v) is 9.20. The van der Waals surface area contributed by atoms with Crippen LogP contribution in [0.3, 0.4) is 0 Å². The first-order valence-corrected chi connectivity index (χ1v) is 11.1. The van der Waals surface area contributed by atoms with Crippen LogP contribution in [0, 0.1) is 11.5 Å². The third-order valence-electron chi connectivity index (χ3n) is 5.27. The Morgan fingerprint density at radius 3 is 1.92 bits per heavy atom. The summed E-state index contributed by atoms with van der Waals surface area (Å²) in [5, 5.41) is 2.24. The Bertz CT molecular complexity index is 768. The Labute approximate surface area is 147 Å². The van der Waals surface area contributed by atoms with Crippen molar-refractivity contribution in [1.82, 2.24) is 0 Å². The summed E-state index contributed by atoms with van der Waals surface area (Å²) in [6, 6.07) is 14.0. The maximum absolute atomic E-state index is 12.7. The smallest absolute Gasteiger partial charge is 0.235 e. The van der Waals surface area contributed by atoms with E-state index in [1.807, 2.05) is 36.4 Å². The van der Waals surface area contributed by atoms with E-state index >= 15 is 0 Å². The van der Waals surface area contributed by atoms with Crippen molar-refractivity contribution in [3.63, 3.8) is 0 Å². The standard InChI is InChI=1S/C22H28OSi/c1-16(2)24(17(3)4,18(5)6)14-13-22(23)21-12-11-19-9-7-8-10-20(19)15-21/h7-12,15-18H,1-6H3. The Balaban J connectivity index is 2.41. The zero-order valence-corrected chi connectivity index (χ0v) is 16.7. The molecule has 0 aliphatic carbocycles. The highest BCUT2D eigenvalue weighted by molar-refractivity contribution is 6.90. The largest absolute Gasteiger partial charge is 0.279 e. The molecule has 2 heteroatoms. The third kappa shape index (κ3) is 3.47. The molecule has 24 heavy (non-hydrogen) atoms. The first kappa shape index (κ1) is 18.5. The van der Waals surface area contributed by atoms with E-state index in [0.29, 0.717) is 22.2 Å². The summed E-state index contributed by atoms with van der Waals surface area (Å²) in [7, 11) is -1.86. The van der Waals surface area contributed by atoms with E-state index in [1.54, 1.807) is 0 Å². The molecule has 0 radical (unpaired) electrons. The van der Waals surface area contributed by atoms with E-state index in [4.69, 9.17) is 0 Å². The summed E-state index contributed by atoms with van der Waals surface area (Å²) in [5.41, 5.74) is 5.82. The lowest BCUT2D eigenvalue weighted by Crippen LogP contribution is -2.43. The molecule has 0 N–H and O–H groups in total. The van der Waals surface area contributed by atoms with Gasteiger partial charge in [-0.05, 0) is 45.4 Å². The van der Waals surface area contributed by atoms with E-state index in [1.165, 1.54) is 0 Å². The summed E-state index contributed by atoms with van der Waals surface area (Å²) >= 11 is 0. The normalized spacial score (nSPS) is 11.9. The quantitative estimate of drug-likeness (QED) is 0.367. The highest BCUT2D eigenvalue weighted by Gasteiger charge is 2.41. The van der Waals surface area contributed by atoms with Crippen molar-refractivity contribution >= 4 is 24.6 Å². The van der Waals surface area contributed by atoms with Gasteiger partial charge in [0.25, 0.3) is 0 Å². The number of hydrogen-bond acceptors (Lipinski definition) is 1. The van der Waals surface area contributed by atoms with E-state index in [-0.39, 0.29) is 5.78 Å². The van der Waals surface area contributed by atoms with Crippen LogP contribution in [0.15, 0.2) is 42.5 Å². The summed E-state index contributed by atoms with van der Waals surface area (Å²) < 4.78 is 0. The van der Waals surface area contributed by atoms with Crippen LogP contribution in [0.5, 0.6) is 0 Å². The predicted molar refractivity (Wildman–Crippen MR) is 107 cm³/mol. The molecule has 1 nitrogen and oxygen atoms in total. The van der Waals surface area contributed by atoms with Gasteiger partial charge in [0.1, 0.15) is 8.07 Å². The van der Waals surface area contributed by atoms with Crippen molar-refractivity contribution in [3.8, 4) is 11.5 Å². The van der Waals surface area contributed by atoms with Crippen molar-refractivity contribution < 1.29 is 4.79 Å². The van der Waals surface area contributed by atoms with Gasteiger partial charge in [0.05, 0.1) is 0 Å². The molecule has 0 aromatic heterocycles. The minimum absolute atomic E-state index is 0.0559. The molecule has 0 spiro atoms. The number of rotatable bonds is 4. The van der Waals surface area contributed by atoms with E-state index in [9.17, 15) is 4.79 Å². The van der Waals surface area contributed by atoms with Crippen LogP contribution < -0.4 is 0 Å². The SMILES string of the molecule is CC(C)[Si](C#CC(=O)c1ccc2ccccc2c1)(C(C)C)C(C)C. The van der Waals surface area contributed by atoms with Gasteiger partial charge in [0, 0.05) is 5.56 Å². The summed E-state index contributed by atoms with van der Waals surface area (Å²) in [6.45, 7) is 13.6. The molecule has 0 saturated heterocycles. The first-order chi connectivity index (χ1) is 11.3. The van der Waals surface area contributed by atoms with Gasteiger partial charge in [-0.25, -0.2) is 0 Å². The zero-order valence-electron chi connectivity index (χ0n) is 15.7. The number of benzene rings is 2. The van der Waals surface area contributed by atoms with Crippen LogP contribution >= 0.6 is 0 Å². The second-order valence-electron chi connectivity index (χ2n) is 7.54. The maximum atomic E-state index is 12.7. The molecule has 0 saturated carbocycles. The Morgan fingerprint density at radius 2 is 1.38 bits per heavy atom. The second kappa shape index (κ2) is 7.36. The molecule has 0 bridgehead atoms. The van der Waals surface area contributed by atoms with Crippen molar-refractivity contribution in [2.45, 2.75) is 58.2 Å². The maximum Gasteiger partial charge on any atom is 0.235 e. The van der Waals surface area contributed by atoms with Gasteiger partial charge in [-0.2, -0.15) is 0 Å². The Hall–Kier alpha value is -1.85. The lowest BCUT2D eigenvalue weighted by Gasteiger charge is -2.37. The fraction of sp³-hybridized carbons (Fsp3) is 0.409. The van der Waals surface area contributed by atoms with Crippen LogP contribution in [0.25, 0.3) is 10.8 Å². The van der Waals surface area contributed by atoms with Crippen LogP contribution in [0.4, 0.5) is 0 Å². The van der Waals surface area contributed by atoms with Gasteiger partial charge in [0.2, 0.25) is 5.78 Å². The van der Waals surface area contributed by atoms with Crippen LogP contribution in [-0.4, -0.2) is 13.9 Å². The fourth-order valence-electron chi connectivity index (χ4n) is 4.00. The molecule has 126 valence electrons. The molecule has 2 aromatic rings. The molecule has 2 rings (SSSR count). The molecule has 0 atom stereocenters. The predicted octanol–water partition coefficient (Wildman–Crippen LogP) is 6.24. The highest BCUT2D eigenvalue weighted by Crippen LogP contribution is 2.40. The lowest BCUT2D eigenvalue weighted by atomic mass is 10.0. The average molecular weight is 337 g/mol. The number of ketones is 1. The van der Waals surface area contributed by atoms with Crippen LogP contribution in [-0.2, 0) is 0 Å². The van der Waals surface area contributed by atoms with Gasteiger partial charge < -0.3 is 0 Å². The molecule has 0 amide bonds. The molecule has 0 unspecified atom stereocenters. The topological polar surface area (TPSA) is 17.1 Å². The van der Waals surface area contributed by atoms with Crippen molar-refractivity contribution in [2.75, 3.05) is 0 Å². The lowest BCUT2D eigenvalue weighted by molar-refractivity contribution is 0.105. The summed E-state index contributed by atoms with van der Waals surface area (Å²) in [4.78, 5) is 12.7. The average Bonchev–Trinajstić information content (AvgIpc) is 2.53. The molecular weight excluding hydrogens is 308 g/mol. The van der Waals surface area contributed by atoms with Gasteiger partial charge in [-0.1, -0.05) is 71.9 Å². The zero-order chi connectivity index (χ0) is 17.9. The number of Topliss-reactive ketones (excluding diaryl/α,β-unsaturated/α-hetero) is 1. The number of fused-ring (bicyclic) bond motifs is 1. The number of hydrogen-bond donors (Lipinski definition) is 0.